The van der Waals surface area contributed by atoms with Gasteiger partial charge in [0.15, 0.2) is 23.3 Å². The van der Waals surface area contributed by atoms with Gasteiger partial charge in [-0.15, -0.1) is 0 Å². The van der Waals surface area contributed by atoms with Crippen molar-refractivity contribution in [2.24, 2.45) is 0 Å². The Bertz CT molecular complexity index is 2850. The minimum atomic E-state index is -0.584. The minimum Gasteiger partial charge on any atom is -0.410 e. The second kappa shape index (κ2) is 22.1. The average Bonchev–Trinajstić information content (AvgIpc) is 3.96. The lowest BCUT2D eigenvalue weighted by Crippen LogP contribution is -2.48. The van der Waals surface area contributed by atoms with Crippen molar-refractivity contribution in [2.75, 3.05) is 56.8 Å². The van der Waals surface area contributed by atoms with E-state index in [4.69, 9.17) is 14.7 Å². The van der Waals surface area contributed by atoms with Gasteiger partial charge in [-0.2, -0.15) is 0 Å². The normalized spacial score (nSPS) is 15.5. The van der Waals surface area contributed by atoms with Gasteiger partial charge in [-0.25, -0.2) is 29.5 Å². The Kier molecular flexibility index (Phi) is 15.7. The van der Waals surface area contributed by atoms with Gasteiger partial charge in [-0.1, -0.05) is 46.9 Å². The third-order valence-corrected chi connectivity index (χ3v) is 11.9. The van der Waals surface area contributed by atoms with Gasteiger partial charge in [0.1, 0.15) is 5.75 Å². The fourth-order valence-electron chi connectivity index (χ4n) is 8.41. The Labute approximate surface area is 403 Å². The molecule has 11 rings (SSSR count). The van der Waals surface area contributed by atoms with Crippen LogP contribution < -0.4 is 35.4 Å². The molecule has 10 heterocycles. The van der Waals surface area contributed by atoms with Crippen LogP contribution in [0.5, 0.6) is 5.75 Å². The van der Waals surface area contributed by atoms with E-state index in [1.807, 2.05) is 64.2 Å². The van der Waals surface area contributed by atoms with E-state index in [-0.39, 0.29) is 26.9 Å². The zero-order chi connectivity index (χ0) is 46.3. The highest BCUT2D eigenvalue weighted by Gasteiger charge is 2.40. The van der Waals surface area contributed by atoms with Crippen molar-refractivity contribution >= 4 is 46.8 Å². The largest absolute Gasteiger partial charge is 0.418 e. The second-order valence-electron chi connectivity index (χ2n) is 16.6. The molecule has 356 valence electrons. The molecule has 4 aliphatic heterocycles. The Morgan fingerprint density at radius 1 is 0.667 bits per heavy atom. The van der Waals surface area contributed by atoms with Crippen LogP contribution in [0.2, 0.25) is 0 Å². The number of amides is 3. The van der Waals surface area contributed by atoms with Crippen LogP contribution in [0, 0.1) is 13.8 Å². The maximum Gasteiger partial charge on any atom is 0.418 e. The summed E-state index contributed by atoms with van der Waals surface area (Å²) < 4.78 is 5.06. The van der Waals surface area contributed by atoms with Crippen molar-refractivity contribution in [2.45, 2.75) is 80.3 Å². The molecular formula is C52H60N14O3. The first-order chi connectivity index (χ1) is 32.7. The van der Waals surface area contributed by atoms with E-state index in [2.05, 4.69) is 79.9 Å². The smallest absolute Gasteiger partial charge is 0.410 e. The number of aryl methyl sites for hydroxylation is 4. The van der Waals surface area contributed by atoms with Gasteiger partial charge in [0, 0.05) is 67.1 Å². The van der Waals surface area contributed by atoms with E-state index in [9.17, 15) is 9.59 Å². The first kappa shape index (κ1) is 48.8. The molecule has 3 amide bonds. The van der Waals surface area contributed by atoms with Crippen LogP contribution in [0.15, 0.2) is 116 Å². The molecule has 2 fully saturated rings. The predicted octanol–water partition coefficient (Wildman–Crippen LogP) is 9.81. The number of fused-ring (bicyclic) bond motifs is 8. The lowest BCUT2D eigenvalue weighted by atomic mass is 10.1. The van der Waals surface area contributed by atoms with Crippen molar-refractivity contribution < 1.29 is 14.3 Å². The number of pyridine rings is 4. The molecule has 3 N–H and O–H groups in total. The summed E-state index contributed by atoms with van der Waals surface area (Å²) in [6.45, 7) is 12.0. The molecule has 2 atom stereocenters. The number of nitrogens with zero attached hydrogens (tertiary/aromatic N) is 11. The quantitative estimate of drug-likeness (QED) is 0.137. The first-order valence-corrected chi connectivity index (χ1v) is 22.6. The number of carbonyl (C=O) groups excluding carboxylic acids is 2. The number of urea groups is 1. The fraction of sp³-hybridized carbons (Fsp3) is 0.308. The highest BCUT2D eigenvalue weighted by Crippen LogP contribution is 2.40. The number of carbonyl (C=O) groups is 2. The zero-order valence-corrected chi connectivity index (χ0v) is 37.9. The van der Waals surface area contributed by atoms with E-state index in [0.29, 0.717) is 29.2 Å². The molecule has 7 aromatic rings. The molecular weight excluding hydrogens is 869 g/mol. The number of ether oxygens (including phenoxy) is 1. The van der Waals surface area contributed by atoms with Gasteiger partial charge in [0.2, 0.25) is 0 Å². The lowest BCUT2D eigenvalue weighted by Gasteiger charge is -2.35. The molecule has 0 saturated carbocycles. The maximum absolute atomic E-state index is 13.3. The fourth-order valence-corrected chi connectivity index (χ4v) is 8.41. The zero-order valence-electron chi connectivity index (χ0n) is 37.9. The Hall–Kier alpha value is -8.08. The number of hydrogen-bond donors (Lipinski definition) is 3. The third-order valence-electron chi connectivity index (χ3n) is 11.9. The van der Waals surface area contributed by atoms with Gasteiger partial charge in [-0.05, 0) is 100 Å². The number of hydrogen-bond acceptors (Lipinski definition) is 14. The second-order valence-corrected chi connectivity index (χ2v) is 16.6. The number of anilines is 6. The molecule has 69 heavy (non-hydrogen) atoms. The van der Waals surface area contributed by atoms with Gasteiger partial charge < -0.3 is 19.9 Å². The summed E-state index contributed by atoms with van der Waals surface area (Å²) in [7, 11) is 0. The van der Waals surface area contributed by atoms with E-state index in [0.717, 1.165) is 102 Å². The van der Waals surface area contributed by atoms with E-state index in [1.165, 1.54) is 18.3 Å². The summed E-state index contributed by atoms with van der Waals surface area (Å²) in [6.07, 6.45) is 13.2. The molecule has 4 bridgehead atoms. The van der Waals surface area contributed by atoms with E-state index in [1.54, 1.807) is 54.0 Å². The van der Waals surface area contributed by atoms with Crippen LogP contribution in [0.1, 0.15) is 64.3 Å². The molecule has 0 radical (unpaired) electrons. The topological polar surface area (TPSA) is 192 Å². The average molecular weight is 929 g/mol. The summed E-state index contributed by atoms with van der Waals surface area (Å²) in [4.78, 5) is 66.3. The Morgan fingerprint density at radius 2 is 1.26 bits per heavy atom. The van der Waals surface area contributed by atoms with Crippen molar-refractivity contribution in [3.63, 3.8) is 0 Å². The van der Waals surface area contributed by atoms with Crippen LogP contribution in [0.3, 0.4) is 0 Å². The summed E-state index contributed by atoms with van der Waals surface area (Å²) in [5, 5.41) is 8.95. The molecule has 2 saturated heterocycles. The van der Waals surface area contributed by atoms with E-state index >= 15 is 0 Å². The standard InChI is InChI=1S/C22H23N7O.C15H16N4.C13H13N3O2.2CH4/c1-3-16-11-25-20(12-24-16)27-22(30)29-17-7-9-28(13-17)19-5-4-18(26-21(19)29)15-6-8-23-14(2)10-15;1-10-8-11(4-6-16-10)13-2-3-14-15(18-13)17-12-5-7-19(14)9-12;1-2-10-8-15-12(9-14-10)16-13(17)18-11-6-4-3-5-7-11;;/h4-6,8,10-12,17H,3,7,9,13H2,1-2H3,(H,25,27,30);2-4,6,8,12H,5,7,9H2,1H3,(H,17,18);3-9H,2H2,1H3,(H,15,16,17);2*1H4/t17-;12-;;;/m00.../s1. The molecule has 17 nitrogen and oxygen atoms in total. The minimum absolute atomic E-state index is 0. The Morgan fingerprint density at radius 3 is 1.87 bits per heavy atom. The van der Waals surface area contributed by atoms with Crippen molar-refractivity contribution in [1.29, 1.82) is 0 Å². The van der Waals surface area contributed by atoms with Crippen LogP contribution in [-0.4, -0.2) is 90.3 Å². The number of nitrogens with one attached hydrogen (secondary N) is 3. The molecule has 4 aliphatic rings. The molecule has 1 aromatic carbocycles. The number of para-hydroxylation sites is 1. The van der Waals surface area contributed by atoms with Gasteiger partial charge in [0.05, 0.1) is 65.0 Å². The molecule has 0 spiro atoms. The maximum atomic E-state index is 13.3. The molecule has 0 unspecified atom stereocenters. The summed E-state index contributed by atoms with van der Waals surface area (Å²) in [5.41, 5.74) is 9.90. The van der Waals surface area contributed by atoms with Gasteiger partial charge >= 0.3 is 12.1 Å². The molecule has 17 heteroatoms. The highest BCUT2D eigenvalue weighted by atomic mass is 16.6. The van der Waals surface area contributed by atoms with Crippen molar-refractivity contribution in [1.82, 2.24) is 39.9 Å². The number of rotatable bonds is 7. The lowest BCUT2D eigenvalue weighted by molar-refractivity contribution is 0.215. The third kappa shape index (κ3) is 11.6. The highest BCUT2D eigenvalue weighted by molar-refractivity contribution is 6.04. The van der Waals surface area contributed by atoms with Crippen LogP contribution in [0.25, 0.3) is 22.5 Å². The molecule has 0 aliphatic carbocycles. The molecule has 6 aromatic heterocycles. The number of aromatic nitrogens is 8. The monoisotopic (exact) mass is 928 g/mol. The number of benzene rings is 1. The van der Waals surface area contributed by atoms with Gasteiger partial charge in [-0.3, -0.25) is 35.5 Å². The predicted molar refractivity (Wildman–Crippen MR) is 273 cm³/mol. The SMILES string of the molecule is C.C.CCc1cnc(NC(=O)N2c3nc(-c4ccnc(C)c4)ccc3N3CC[C@H]2C3)cn1.CCc1cnc(NC(=O)Oc2ccccc2)cn1.Cc1cc(-c2ccc3c(n2)N[C@H]2CCN3C2)ccn1. The van der Waals surface area contributed by atoms with Crippen LogP contribution in [0.4, 0.5) is 44.2 Å². The summed E-state index contributed by atoms with van der Waals surface area (Å²) >= 11 is 0. The summed E-state index contributed by atoms with van der Waals surface area (Å²) in [5.74, 6) is 3.01. The van der Waals surface area contributed by atoms with Crippen LogP contribution in [-0.2, 0) is 12.8 Å². The van der Waals surface area contributed by atoms with Crippen molar-refractivity contribution in [3.8, 4) is 28.3 Å². The Balaban J connectivity index is 0.000000158. The van der Waals surface area contributed by atoms with Crippen LogP contribution >= 0.6 is 0 Å². The first-order valence-electron chi connectivity index (χ1n) is 22.6. The van der Waals surface area contributed by atoms with Gasteiger partial charge in [0.25, 0.3) is 0 Å². The van der Waals surface area contributed by atoms with Crippen molar-refractivity contribution in [3.05, 3.63) is 139 Å². The van der Waals surface area contributed by atoms with E-state index < -0.39 is 6.09 Å². The summed E-state index contributed by atoms with van der Waals surface area (Å²) in [6, 6.07) is 25.6.